The van der Waals surface area contributed by atoms with Crippen molar-refractivity contribution in [2.45, 2.75) is 25.7 Å². The highest BCUT2D eigenvalue weighted by Gasteiger charge is 2.43. The van der Waals surface area contributed by atoms with Gasteiger partial charge in [-0.1, -0.05) is 36.4 Å². The summed E-state index contributed by atoms with van der Waals surface area (Å²) in [5.41, 5.74) is 6.71. The largest absolute Gasteiger partial charge is 0.618 e. The van der Waals surface area contributed by atoms with Crippen LogP contribution in [0, 0.1) is 5.21 Å². The van der Waals surface area contributed by atoms with E-state index in [0.717, 1.165) is 30.1 Å². The number of pyridine rings is 1. The summed E-state index contributed by atoms with van der Waals surface area (Å²) in [7, 11) is 1.67. The summed E-state index contributed by atoms with van der Waals surface area (Å²) in [4.78, 5) is 14.6. The van der Waals surface area contributed by atoms with Crippen LogP contribution in [0.15, 0.2) is 89.8 Å². The molecule has 1 aliphatic rings. The summed E-state index contributed by atoms with van der Waals surface area (Å²) >= 11 is 0. The molecular formula is C27H28N4O3. The van der Waals surface area contributed by atoms with Gasteiger partial charge in [0.2, 0.25) is 0 Å². The third-order valence-electron chi connectivity index (χ3n) is 6.19. The summed E-state index contributed by atoms with van der Waals surface area (Å²) < 4.78 is 6.00. The van der Waals surface area contributed by atoms with Gasteiger partial charge in [-0.15, -0.1) is 0 Å². The van der Waals surface area contributed by atoms with E-state index in [9.17, 15) is 10.0 Å². The van der Waals surface area contributed by atoms with Gasteiger partial charge in [0, 0.05) is 47.8 Å². The van der Waals surface area contributed by atoms with Crippen LogP contribution in [-0.4, -0.2) is 25.8 Å². The van der Waals surface area contributed by atoms with Gasteiger partial charge in [-0.25, -0.2) is 5.43 Å². The van der Waals surface area contributed by atoms with Crippen LogP contribution in [0.3, 0.4) is 0 Å². The van der Waals surface area contributed by atoms with Crippen molar-refractivity contribution in [1.29, 1.82) is 0 Å². The Morgan fingerprint density at radius 1 is 1.18 bits per heavy atom. The van der Waals surface area contributed by atoms with Gasteiger partial charge in [0.25, 0.3) is 5.69 Å². The Labute approximate surface area is 199 Å². The minimum atomic E-state index is -0.566. The molecule has 3 aromatic rings. The summed E-state index contributed by atoms with van der Waals surface area (Å²) in [5, 5.41) is 15.9. The Morgan fingerprint density at radius 2 is 1.94 bits per heavy atom. The Hall–Kier alpha value is -4.13. The molecule has 7 nitrogen and oxygen atoms in total. The van der Waals surface area contributed by atoms with Crippen LogP contribution in [0.2, 0.25) is 0 Å². The molecule has 2 aromatic carbocycles. The van der Waals surface area contributed by atoms with E-state index >= 15 is 0 Å². The summed E-state index contributed by atoms with van der Waals surface area (Å²) in [6, 6.07) is 21.2. The molecule has 2 heterocycles. The van der Waals surface area contributed by atoms with Crippen molar-refractivity contribution < 1.29 is 14.3 Å². The van der Waals surface area contributed by atoms with Crippen molar-refractivity contribution in [2.24, 2.45) is 5.10 Å². The number of benzene rings is 2. The lowest BCUT2D eigenvalue weighted by molar-refractivity contribution is -0.607. The van der Waals surface area contributed by atoms with Gasteiger partial charge in [-0.05, 0) is 49.6 Å². The van der Waals surface area contributed by atoms with Crippen LogP contribution in [0.5, 0.6) is 5.75 Å². The van der Waals surface area contributed by atoms with Gasteiger partial charge in [0.05, 0.1) is 7.11 Å². The number of carbonyl (C=O) groups is 1. The second kappa shape index (κ2) is 9.79. The highest BCUT2D eigenvalue weighted by Crippen LogP contribution is 2.50. The minimum absolute atomic E-state index is 0.0169. The number of carbonyl (C=O) groups excluding carboxylic acids is 1. The highest BCUT2D eigenvalue weighted by atomic mass is 16.5. The van der Waals surface area contributed by atoms with Crippen LogP contribution in [-0.2, 0) is 11.8 Å². The second-order valence-electron chi connectivity index (χ2n) is 8.30. The van der Waals surface area contributed by atoms with Gasteiger partial charge < -0.3 is 14.8 Å². The molecule has 34 heavy (non-hydrogen) atoms. The fraction of sp³-hybridized carbons (Fsp3) is 0.222. The molecule has 4 rings (SSSR count). The number of fused-ring (bicyclic) bond motifs is 1. The number of ether oxygens (including phenoxy) is 1. The quantitative estimate of drug-likeness (QED) is 0.253. The molecule has 0 spiro atoms. The first-order valence-corrected chi connectivity index (χ1v) is 11.2. The first-order valence-electron chi connectivity index (χ1n) is 11.2. The van der Waals surface area contributed by atoms with Gasteiger partial charge in [0.15, 0.2) is 6.20 Å². The number of rotatable bonds is 7. The topological polar surface area (TPSA) is 80.9 Å². The van der Waals surface area contributed by atoms with Crippen molar-refractivity contribution in [3.05, 3.63) is 107 Å². The smallest absolute Gasteiger partial charge is 0.337 e. The zero-order valence-electron chi connectivity index (χ0n) is 19.6. The van der Waals surface area contributed by atoms with E-state index in [2.05, 4.69) is 53.5 Å². The van der Waals surface area contributed by atoms with E-state index in [1.54, 1.807) is 25.5 Å². The third-order valence-corrected chi connectivity index (χ3v) is 6.19. The number of aromatic nitrogens is 1. The molecule has 1 N–H and O–H groups in total. The van der Waals surface area contributed by atoms with Gasteiger partial charge in [0.1, 0.15) is 5.75 Å². The third kappa shape index (κ3) is 4.37. The van der Waals surface area contributed by atoms with E-state index < -0.39 is 5.91 Å². The Kier molecular flexibility index (Phi) is 6.63. The number of hydrazone groups is 1. The van der Waals surface area contributed by atoms with Crippen molar-refractivity contribution >= 4 is 17.8 Å². The number of hydrogen-bond donors (Lipinski definition) is 1. The van der Waals surface area contributed by atoms with E-state index in [1.807, 2.05) is 30.3 Å². The fourth-order valence-corrected chi connectivity index (χ4v) is 4.56. The molecule has 0 bridgehead atoms. The monoisotopic (exact) mass is 456 g/mol. The summed E-state index contributed by atoms with van der Waals surface area (Å²) in [6.45, 7) is 5.09. The van der Waals surface area contributed by atoms with Crippen LogP contribution >= 0.6 is 0 Å². The number of hydrogen-bond acceptors (Lipinski definition) is 5. The normalized spacial score (nSPS) is 18.3. The van der Waals surface area contributed by atoms with Gasteiger partial charge in [-0.2, -0.15) is 9.83 Å². The zero-order chi connectivity index (χ0) is 24.1. The maximum Gasteiger partial charge on any atom is 0.337 e. The lowest BCUT2D eigenvalue weighted by Gasteiger charge is -2.30. The number of likely N-dealkylation sites (N-methyl/N-ethyl adjacent to an activating group) is 1. The van der Waals surface area contributed by atoms with Crippen molar-refractivity contribution in [1.82, 2.24) is 5.43 Å². The SMILES string of the molecule is CCN1/C(=C\C=N\NC(=O)c2cccc[n+]2[O-])C(C)(Cc2ccccc2)c2ccc(OC)cc21. The van der Waals surface area contributed by atoms with E-state index in [0.29, 0.717) is 4.73 Å². The average Bonchev–Trinajstić information content (AvgIpc) is 3.08. The molecular weight excluding hydrogens is 428 g/mol. The van der Waals surface area contributed by atoms with E-state index in [4.69, 9.17) is 4.74 Å². The molecule has 0 fully saturated rings. The number of anilines is 1. The van der Waals surface area contributed by atoms with Crippen molar-refractivity contribution in [2.75, 3.05) is 18.6 Å². The molecule has 1 unspecified atom stereocenters. The van der Waals surface area contributed by atoms with E-state index in [-0.39, 0.29) is 11.1 Å². The Balaban J connectivity index is 1.67. The standard InChI is InChI=1S/C27H28N4O3/c1-4-30-24-18-21(34-3)13-14-22(24)27(2,19-20-10-6-5-7-11-20)25(30)15-16-28-29-26(32)23-12-8-9-17-31(23)33/h5-18H,4,19H2,1-3H3,(H,29,32)/b25-15-,28-16+. The van der Waals surface area contributed by atoms with Crippen LogP contribution in [0.25, 0.3) is 0 Å². The zero-order valence-corrected chi connectivity index (χ0v) is 19.6. The van der Waals surface area contributed by atoms with E-state index in [1.165, 1.54) is 23.4 Å². The molecule has 0 aliphatic carbocycles. The Bertz CT molecular complexity index is 1240. The molecule has 174 valence electrons. The maximum atomic E-state index is 12.3. The van der Waals surface area contributed by atoms with Crippen LogP contribution in [0.1, 0.15) is 35.5 Å². The van der Waals surface area contributed by atoms with Crippen LogP contribution in [0.4, 0.5) is 5.69 Å². The second-order valence-corrected chi connectivity index (χ2v) is 8.30. The molecule has 1 amide bonds. The van der Waals surface area contributed by atoms with Gasteiger partial charge >= 0.3 is 5.91 Å². The molecule has 0 radical (unpaired) electrons. The molecule has 7 heteroatoms. The first-order chi connectivity index (χ1) is 16.5. The average molecular weight is 457 g/mol. The van der Waals surface area contributed by atoms with Crippen LogP contribution < -0.4 is 19.8 Å². The molecule has 0 saturated carbocycles. The first kappa shape index (κ1) is 23.0. The number of methoxy groups -OCH3 is 1. The molecule has 1 aromatic heterocycles. The lowest BCUT2D eigenvalue weighted by atomic mass is 9.76. The predicted octanol–water partition coefficient (Wildman–Crippen LogP) is 3.97. The predicted molar refractivity (Wildman–Crippen MR) is 133 cm³/mol. The summed E-state index contributed by atoms with van der Waals surface area (Å²) in [5.74, 6) is 0.235. The minimum Gasteiger partial charge on any atom is -0.618 e. The summed E-state index contributed by atoms with van der Waals surface area (Å²) in [6.07, 6.45) is 5.57. The number of nitrogens with one attached hydrogen (secondary N) is 1. The van der Waals surface area contributed by atoms with Crippen molar-refractivity contribution in [3.63, 3.8) is 0 Å². The molecule has 0 saturated heterocycles. The number of amides is 1. The molecule has 1 aliphatic heterocycles. The molecule has 1 atom stereocenters. The maximum absolute atomic E-state index is 12.3. The Morgan fingerprint density at radius 3 is 2.65 bits per heavy atom. The highest BCUT2D eigenvalue weighted by molar-refractivity contribution is 5.91. The fourth-order valence-electron chi connectivity index (χ4n) is 4.56. The number of nitrogens with zero attached hydrogens (tertiary/aromatic N) is 3. The number of allylic oxidation sites excluding steroid dienone is 2. The van der Waals surface area contributed by atoms with Gasteiger partial charge in [-0.3, -0.25) is 4.79 Å². The van der Waals surface area contributed by atoms with Crippen molar-refractivity contribution in [3.8, 4) is 5.75 Å². The lowest BCUT2D eigenvalue weighted by Crippen LogP contribution is -2.37.